The Kier molecular flexibility index (Phi) is 1.93. The first-order valence-corrected chi connectivity index (χ1v) is 4.27. The van der Waals surface area contributed by atoms with Gasteiger partial charge < -0.3 is 9.94 Å². The third-order valence-electron chi connectivity index (χ3n) is 2.23. The molecule has 0 fully saturated rings. The average Bonchev–Trinajstić information content (AvgIpc) is 2.18. The molecule has 0 spiro atoms. The number of nitrogens with zero attached hydrogens (tertiary/aromatic N) is 1. The highest BCUT2D eigenvalue weighted by molar-refractivity contribution is 6.04. The van der Waals surface area contributed by atoms with Crippen LogP contribution in [0.1, 0.15) is 12.5 Å². The van der Waals surface area contributed by atoms with Gasteiger partial charge in [0.15, 0.2) is 0 Å². The summed E-state index contributed by atoms with van der Waals surface area (Å²) in [6, 6.07) is 7.60. The predicted molar refractivity (Wildman–Crippen MR) is 49.4 cm³/mol. The van der Waals surface area contributed by atoms with Gasteiger partial charge in [-0.1, -0.05) is 24.2 Å². The van der Waals surface area contributed by atoms with Crippen molar-refractivity contribution in [1.29, 1.82) is 0 Å². The van der Waals surface area contributed by atoms with Gasteiger partial charge in [-0.3, -0.25) is 0 Å². The number of hydrogen-bond donors (Lipinski definition) is 1. The first-order valence-electron chi connectivity index (χ1n) is 4.27. The number of para-hydroxylation sites is 1. The maximum atomic E-state index is 8.84. The van der Waals surface area contributed by atoms with Crippen molar-refractivity contribution >= 4 is 5.71 Å². The molecule has 0 aromatic heterocycles. The highest BCUT2D eigenvalue weighted by Crippen LogP contribution is 2.26. The van der Waals surface area contributed by atoms with E-state index in [4.69, 9.17) is 9.94 Å². The number of ether oxygens (including phenoxy) is 1. The number of rotatable bonds is 0. The molecule has 68 valence electrons. The van der Waals surface area contributed by atoms with Gasteiger partial charge in [0.1, 0.15) is 5.75 Å². The second-order valence-electron chi connectivity index (χ2n) is 3.19. The van der Waals surface area contributed by atoms with Gasteiger partial charge in [0, 0.05) is 11.5 Å². The first kappa shape index (κ1) is 8.10. The Hall–Kier alpha value is -1.51. The maximum absolute atomic E-state index is 8.84. The Morgan fingerprint density at radius 1 is 1.46 bits per heavy atom. The van der Waals surface area contributed by atoms with Gasteiger partial charge in [-0.15, -0.1) is 0 Å². The molecule has 0 aliphatic carbocycles. The average molecular weight is 177 g/mol. The quantitative estimate of drug-likeness (QED) is 0.485. The SMILES string of the molecule is CC1COc2ccccc2C1=NO. The standard InChI is InChI=1S/C10H11NO2/c1-7-6-13-9-5-3-2-4-8(9)10(7)11-12/h2-5,7,12H,6H2,1H3. The van der Waals surface area contributed by atoms with Crippen LogP contribution in [0.3, 0.4) is 0 Å². The third-order valence-corrected chi connectivity index (χ3v) is 2.23. The van der Waals surface area contributed by atoms with Crippen LogP contribution in [0, 0.1) is 5.92 Å². The lowest BCUT2D eigenvalue weighted by molar-refractivity contribution is 0.268. The van der Waals surface area contributed by atoms with Crippen molar-refractivity contribution in [2.45, 2.75) is 6.92 Å². The van der Waals surface area contributed by atoms with Gasteiger partial charge in [-0.25, -0.2) is 0 Å². The molecule has 13 heavy (non-hydrogen) atoms. The van der Waals surface area contributed by atoms with Gasteiger partial charge in [0.2, 0.25) is 0 Å². The van der Waals surface area contributed by atoms with Crippen molar-refractivity contribution in [3.05, 3.63) is 29.8 Å². The van der Waals surface area contributed by atoms with E-state index in [0.29, 0.717) is 12.3 Å². The Bertz CT molecular complexity index is 347. The van der Waals surface area contributed by atoms with Crippen molar-refractivity contribution in [3.8, 4) is 5.75 Å². The van der Waals surface area contributed by atoms with Gasteiger partial charge in [0.25, 0.3) is 0 Å². The Morgan fingerprint density at radius 2 is 2.23 bits per heavy atom. The minimum atomic E-state index is 0.153. The van der Waals surface area contributed by atoms with Crippen LogP contribution in [-0.4, -0.2) is 17.5 Å². The van der Waals surface area contributed by atoms with E-state index >= 15 is 0 Å². The van der Waals surface area contributed by atoms with Crippen LogP contribution >= 0.6 is 0 Å². The summed E-state index contributed by atoms with van der Waals surface area (Å²) in [5.41, 5.74) is 1.60. The van der Waals surface area contributed by atoms with E-state index in [-0.39, 0.29) is 5.92 Å². The van der Waals surface area contributed by atoms with E-state index in [9.17, 15) is 0 Å². The Labute approximate surface area is 76.6 Å². The highest BCUT2D eigenvalue weighted by Gasteiger charge is 2.23. The highest BCUT2D eigenvalue weighted by atomic mass is 16.5. The van der Waals surface area contributed by atoms with Gasteiger partial charge in [-0.05, 0) is 12.1 Å². The number of hydrogen-bond acceptors (Lipinski definition) is 3. The molecule has 3 heteroatoms. The lowest BCUT2D eigenvalue weighted by atomic mass is 9.96. The fourth-order valence-corrected chi connectivity index (χ4v) is 1.52. The third kappa shape index (κ3) is 1.26. The van der Waals surface area contributed by atoms with Crippen LogP contribution < -0.4 is 4.74 Å². The van der Waals surface area contributed by atoms with Crippen LogP contribution in [0.15, 0.2) is 29.4 Å². The van der Waals surface area contributed by atoms with E-state index in [1.54, 1.807) is 0 Å². The Balaban J connectivity index is 2.52. The first-order chi connectivity index (χ1) is 6.33. The largest absolute Gasteiger partial charge is 0.492 e. The lowest BCUT2D eigenvalue weighted by Gasteiger charge is -2.22. The summed E-state index contributed by atoms with van der Waals surface area (Å²) in [5.74, 6) is 0.952. The topological polar surface area (TPSA) is 41.8 Å². The molecule has 0 bridgehead atoms. The van der Waals surface area contributed by atoms with Crippen LogP contribution in [-0.2, 0) is 0 Å². The molecule has 1 heterocycles. The molecule has 1 aliphatic heterocycles. The molecule has 0 amide bonds. The molecule has 3 nitrogen and oxygen atoms in total. The zero-order chi connectivity index (χ0) is 9.26. The fraction of sp³-hybridized carbons (Fsp3) is 0.300. The van der Waals surface area contributed by atoms with Crippen LogP contribution in [0.25, 0.3) is 0 Å². The molecule has 1 aliphatic rings. The minimum Gasteiger partial charge on any atom is -0.492 e. The molecular formula is C10H11NO2. The molecule has 1 aromatic rings. The summed E-state index contributed by atoms with van der Waals surface area (Å²) >= 11 is 0. The zero-order valence-corrected chi connectivity index (χ0v) is 7.40. The summed E-state index contributed by atoms with van der Waals surface area (Å²) < 4.78 is 5.48. The molecule has 1 aromatic carbocycles. The molecule has 1 atom stereocenters. The van der Waals surface area contributed by atoms with E-state index < -0.39 is 0 Å². The minimum absolute atomic E-state index is 0.153. The van der Waals surface area contributed by atoms with Gasteiger partial charge in [0.05, 0.1) is 12.3 Å². The van der Waals surface area contributed by atoms with Crippen molar-refractivity contribution in [2.24, 2.45) is 11.1 Å². The normalized spacial score (nSPS) is 23.8. The van der Waals surface area contributed by atoms with Crippen molar-refractivity contribution in [3.63, 3.8) is 0 Å². The summed E-state index contributed by atoms with van der Waals surface area (Å²) in [4.78, 5) is 0. The van der Waals surface area contributed by atoms with Crippen LogP contribution in [0.2, 0.25) is 0 Å². The number of fused-ring (bicyclic) bond motifs is 1. The van der Waals surface area contributed by atoms with E-state index in [2.05, 4.69) is 5.16 Å². The van der Waals surface area contributed by atoms with Crippen LogP contribution in [0.5, 0.6) is 5.75 Å². The van der Waals surface area contributed by atoms with Crippen LogP contribution in [0.4, 0.5) is 0 Å². The fourth-order valence-electron chi connectivity index (χ4n) is 1.52. The molecule has 0 saturated heterocycles. The predicted octanol–water partition coefficient (Wildman–Crippen LogP) is 1.89. The van der Waals surface area contributed by atoms with E-state index in [0.717, 1.165) is 11.3 Å². The molecule has 1 N–H and O–H groups in total. The van der Waals surface area contributed by atoms with Gasteiger partial charge >= 0.3 is 0 Å². The molecule has 0 saturated carbocycles. The summed E-state index contributed by atoms with van der Waals surface area (Å²) in [6.07, 6.45) is 0. The summed E-state index contributed by atoms with van der Waals surface area (Å²) in [7, 11) is 0. The van der Waals surface area contributed by atoms with Crippen molar-refractivity contribution in [1.82, 2.24) is 0 Å². The molecule has 0 radical (unpaired) electrons. The zero-order valence-electron chi connectivity index (χ0n) is 7.40. The lowest BCUT2D eigenvalue weighted by Crippen LogP contribution is -2.25. The number of oxime groups is 1. The summed E-state index contributed by atoms with van der Waals surface area (Å²) in [6.45, 7) is 2.56. The molecule has 1 unspecified atom stereocenters. The maximum Gasteiger partial charge on any atom is 0.128 e. The van der Waals surface area contributed by atoms with Crippen molar-refractivity contribution < 1.29 is 9.94 Å². The smallest absolute Gasteiger partial charge is 0.128 e. The Morgan fingerprint density at radius 3 is 3.00 bits per heavy atom. The van der Waals surface area contributed by atoms with Crippen molar-refractivity contribution in [2.75, 3.05) is 6.61 Å². The van der Waals surface area contributed by atoms with Gasteiger partial charge in [-0.2, -0.15) is 0 Å². The molecular weight excluding hydrogens is 166 g/mol. The summed E-state index contributed by atoms with van der Waals surface area (Å²) in [5, 5.41) is 12.1. The van der Waals surface area contributed by atoms with E-state index in [1.165, 1.54) is 0 Å². The second-order valence-corrected chi connectivity index (χ2v) is 3.19. The monoisotopic (exact) mass is 177 g/mol. The molecule has 2 rings (SSSR count). The number of benzene rings is 1. The van der Waals surface area contributed by atoms with E-state index in [1.807, 2.05) is 31.2 Å². The second kappa shape index (κ2) is 3.09.